The highest BCUT2D eigenvalue weighted by atomic mass is 32.2. The third kappa shape index (κ3) is 2.29. The first-order chi connectivity index (χ1) is 10.6. The average molecular weight is 308 g/mol. The Bertz CT molecular complexity index is 761. The van der Waals surface area contributed by atoms with E-state index in [2.05, 4.69) is 0 Å². The van der Waals surface area contributed by atoms with E-state index in [0.29, 0.717) is 5.75 Å². The van der Waals surface area contributed by atoms with E-state index in [1.807, 2.05) is 55.5 Å². The van der Waals surface area contributed by atoms with Gasteiger partial charge < -0.3 is 10.5 Å². The maximum Gasteiger partial charge on any atom is 0.211 e. The summed E-state index contributed by atoms with van der Waals surface area (Å²) >= 11 is 1.37. The summed E-state index contributed by atoms with van der Waals surface area (Å²) in [6.45, 7) is 1.93. The maximum atomic E-state index is 9.36. The topological polar surface area (TPSA) is 107 Å². The quantitative estimate of drug-likeness (QED) is 0.860. The van der Waals surface area contributed by atoms with Gasteiger partial charge in [-0.2, -0.15) is 15.8 Å². The number of allylic oxidation sites excluding steroid dienone is 1. The van der Waals surface area contributed by atoms with Crippen LogP contribution in [-0.2, 0) is 9.67 Å². The van der Waals surface area contributed by atoms with Crippen LogP contribution in [0.4, 0.5) is 0 Å². The summed E-state index contributed by atoms with van der Waals surface area (Å²) in [5.74, 6) is 0.583. The van der Waals surface area contributed by atoms with Crippen molar-refractivity contribution >= 4 is 11.8 Å². The standard InChI is InChI=1S/C16H12N4OS/c1-2-22-16(12-6-4-3-5-7-12)14(11(8-17)9-18)13(10-19)15(20)21-16/h3-7H,2,20H2,1H3. The smallest absolute Gasteiger partial charge is 0.211 e. The average Bonchev–Trinajstić information content (AvgIpc) is 2.83. The highest BCUT2D eigenvalue weighted by molar-refractivity contribution is 8.00. The molecule has 0 fully saturated rings. The van der Waals surface area contributed by atoms with Crippen LogP contribution in [-0.4, -0.2) is 5.75 Å². The van der Waals surface area contributed by atoms with E-state index < -0.39 is 4.93 Å². The predicted octanol–water partition coefficient (Wildman–Crippen LogP) is 2.66. The highest BCUT2D eigenvalue weighted by Crippen LogP contribution is 2.53. The minimum Gasteiger partial charge on any atom is -0.452 e. The van der Waals surface area contributed by atoms with E-state index >= 15 is 0 Å². The molecule has 5 nitrogen and oxygen atoms in total. The van der Waals surface area contributed by atoms with Gasteiger partial charge in [-0.1, -0.05) is 37.3 Å². The van der Waals surface area contributed by atoms with Gasteiger partial charge in [0.15, 0.2) is 0 Å². The van der Waals surface area contributed by atoms with Crippen LogP contribution >= 0.6 is 11.8 Å². The molecule has 22 heavy (non-hydrogen) atoms. The molecule has 0 amide bonds. The number of ether oxygens (including phenoxy) is 1. The van der Waals surface area contributed by atoms with Crippen molar-refractivity contribution in [1.29, 1.82) is 15.8 Å². The van der Waals surface area contributed by atoms with Gasteiger partial charge in [0, 0.05) is 5.56 Å². The molecule has 6 heteroatoms. The van der Waals surface area contributed by atoms with Gasteiger partial charge in [-0.15, -0.1) is 11.8 Å². The van der Waals surface area contributed by atoms with Crippen LogP contribution in [0.15, 0.2) is 52.9 Å². The molecule has 0 aliphatic carbocycles. The minimum atomic E-state index is -1.15. The number of benzene rings is 1. The molecule has 1 unspecified atom stereocenters. The summed E-state index contributed by atoms with van der Waals surface area (Å²) in [5, 5.41) is 27.9. The monoisotopic (exact) mass is 308 g/mol. The molecule has 1 aliphatic heterocycles. The number of thioether (sulfide) groups is 1. The first kappa shape index (κ1) is 15.5. The van der Waals surface area contributed by atoms with Gasteiger partial charge in [-0.3, -0.25) is 0 Å². The Morgan fingerprint density at radius 1 is 1.23 bits per heavy atom. The van der Waals surface area contributed by atoms with E-state index in [1.165, 1.54) is 11.8 Å². The van der Waals surface area contributed by atoms with Gasteiger partial charge in [-0.25, -0.2) is 0 Å². The van der Waals surface area contributed by atoms with Crippen LogP contribution in [0, 0.1) is 34.0 Å². The summed E-state index contributed by atoms with van der Waals surface area (Å²) in [4.78, 5) is -1.15. The normalized spacial score (nSPS) is 19.8. The zero-order chi connectivity index (χ0) is 16.2. The van der Waals surface area contributed by atoms with Crippen LogP contribution in [0.1, 0.15) is 12.5 Å². The molecule has 2 rings (SSSR count). The van der Waals surface area contributed by atoms with Crippen molar-refractivity contribution < 1.29 is 4.74 Å². The molecule has 0 aromatic heterocycles. The van der Waals surface area contributed by atoms with Crippen molar-refractivity contribution in [2.45, 2.75) is 11.9 Å². The SMILES string of the molecule is CCSC1(c2ccccc2)OC(N)=C(C#N)C1=C(C#N)C#N. The molecular weight excluding hydrogens is 296 g/mol. The van der Waals surface area contributed by atoms with Crippen LogP contribution in [0.25, 0.3) is 0 Å². The summed E-state index contributed by atoms with van der Waals surface area (Å²) in [6, 6.07) is 14.8. The minimum absolute atomic E-state index is 0.0444. The lowest BCUT2D eigenvalue weighted by atomic mass is 9.93. The Labute approximate surface area is 132 Å². The van der Waals surface area contributed by atoms with E-state index in [0.717, 1.165) is 5.56 Å². The van der Waals surface area contributed by atoms with Crippen molar-refractivity contribution in [3.8, 4) is 18.2 Å². The fraction of sp³-hybridized carbons (Fsp3) is 0.188. The molecular formula is C16H12N4OS. The lowest BCUT2D eigenvalue weighted by molar-refractivity contribution is 0.134. The summed E-state index contributed by atoms with van der Waals surface area (Å²) in [5.41, 5.74) is 6.68. The van der Waals surface area contributed by atoms with Crippen LogP contribution in [0.5, 0.6) is 0 Å². The van der Waals surface area contributed by atoms with Crippen LogP contribution in [0.3, 0.4) is 0 Å². The van der Waals surface area contributed by atoms with Gasteiger partial charge in [0.05, 0.1) is 5.57 Å². The number of hydrogen-bond donors (Lipinski definition) is 1. The van der Waals surface area contributed by atoms with E-state index in [-0.39, 0.29) is 22.6 Å². The third-order valence-electron chi connectivity index (χ3n) is 3.17. The Balaban J connectivity index is 2.82. The first-order valence-corrected chi connectivity index (χ1v) is 7.46. The fourth-order valence-electron chi connectivity index (χ4n) is 2.33. The number of rotatable bonds is 3. The second-order valence-electron chi connectivity index (χ2n) is 4.34. The van der Waals surface area contributed by atoms with Gasteiger partial charge >= 0.3 is 0 Å². The molecule has 0 radical (unpaired) electrons. The number of hydrogen-bond acceptors (Lipinski definition) is 6. The summed E-state index contributed by atoms with van der Waals surface area (Å²) in [6.07, 6.45) is 0. The van der Waals surface area contributed by atoms with E-state index in [4.69, 9.17) is 10.5 Å². The second kappa shape index (κ2) is 6.26. The fourth-order valence-corrected chi connectivity index (χ4v) is 3.54. The summed E-state index contributed by atoms with van der Waals surface area (Å²) < 4.78 is 5.81. The van der Waals surface area contributed by atoms with E-state index in [1.54, 1.807) is 0 Å². The van der Waals surface area contributed by atoms with Crippen molar-refractivity contribution in [2.24, 2.45) is 5.73 Å². The van der Waals surface area contributed by atoms with Gasteiger partial charge in [0.25, 0.3) is 0 Å². The van der Waals surface area contributed by atoms with Crippen molar-refractivity contribution in [1.82, 2.24) is 0 Å². The number of nitriles is 3. The van der Waals surface area contributed by atoms with Crippen molar-refractivity contribution in [3.63, 3.8) is 0 Å². The van der Waals surface area contributed by atoms with Crippen LogP contribution < -0.4 is 5.73 Å². The molecule has 2 N–H and O–H groups in total. The number of nitrogens with zero attached hydrogens (tertiary/aromatic N) is 3. The van der Waals surface area contributed by atoms with Crippen molar-refractivity contribution in [2.75, 3.05) is 5.75 Å². The molecule has 0 saturated heterocycles. The lowest BCUT2D eigenvalue weighted by Crippen LogP contribution is -2.26. The lowest BCUT2D eigenvalue weighted by Gasteiger charge is -2.30. The molecule has 1 aromatic rings. The van der Waals surface area contributed by atoms with Gasteiger partial charge in [0.1, 0.15) is 29.4 Å². The number of nitrogens with two attached hydrogens (primary N) is 1. The highest BCUT2D eigenvalue weighted by Gasteiger charge is 2.49. The molecule has 1 aromatic carbocycles. The zero-order valence-electron chi connectivity index (χ0n) is 11.8. The molecule has 1 atom stereocenters. The molecule has 0 bridgehead atoms. The maximum absolute atomic E-state index is 9.36. The second-order valence-corrected chi connectivity index (χ2v) is 5.78. The summed E-state index contributed by atoms with van der Waals surface area (Å²) in [7, 11) is 0. The van der Waals surface area contributed by atoms with Gasteiger partial charge in [0.2, 0.25) is 10.8 Å². The predicted molar refractivity (Wildman–Crippen MR) is 82.4 cm³/mol. The Hall–Kier alpha value is -2.88. The van der Waals surface area contributed by atoms with Crippen molar-refractivity contribution in [3.05, 3.63) is 58.5 Å². The van der Waals surface area contributed by atoms with Gasteiger partial charge in [-0.05, 0) is 5.75 Å². The molecule has 0 saturated carbocycles. The van der Waals surface area contributed by atoms with Crippen LogP contribution in [0.2, 0.25) is 0 Å². The zero-order valence-corrected chi connectivity index (χ0v) is 12.6. The molecule has 0 spiro atoms. The molecule has 1 aliphatic rings. The van der Waals surface area contributed by atoms with E-state index in [9.17, 15) is 15.8 Å². The Morgan fingerprint density at radius 2 is 1.86 bits per heavy atom. The molecule has 108 valence electrons. The largest absolute Gasteiger partial charge is 0.452 e. The Kier molecular flexibility index (Phi) is 4.41. The Morgan fingerprint density at radius 3 is 2.36 bits per heavy atom. The third-order valence-corrected chi connectivity index (χ3v) is 4.38. The first-order valence-electron chi connectivity index (χ1n) is 6.48. The molecule has 1 heterocycles.